The topological polar surface area (TPSA) is 69.0 Å². The first-order valence-corrected chi connectivity index (χ1v) is 11.9. The van der Waals surface area contributed by atoms with E-state index in [0.717, 1.165) is 31.2 Å². The molecule has 1 heterocycles. The van der Waals surface area contributed by atoms with Gasteiger partial charge in [-0.3, -0.25) is 9.36 Å². The average Bonchev–Trinajstić information content (AvgIpc) is 3.72. The molecular weight excluding hydrogens is 451 g/mol. The van der Waals surface area contributed by atoms with E-state index >= 15 is 0 Å². The monoisotopic (exact) mass is 472 g/mol. The van der Waals surface area contributed by atoms with Crippen LogP contribution in [0.25, 0.3) is 0 Å². The van der Waals surface area contributed by atoms with Crippen LogP contribution in [0.4, 0.5) is 4.39 Å². The summed E-state index contributed by atoms with van der Waals surface area (Å²) >= 11 is 7.54. The Labute approximate surface area is 194 Å². The number of carbonyl (C=O) groups is 1. The smallest absolute Gasteiger partial charge is 0.238 e. The molecule has 2 saturated carbocycles. The van der Waals surface area contributed by atoms with Crippen LogP contribution in [0.15, 0.2) is 53.7 Å². The van der Waals surface area contributed by atoms with Gasteiger partial charge < -0.3 is 10.1 Å². The fraction of sp³-hybridized carbons (Fsp3) is 0.348. The molecule has 1 N–H and O–H groups in total. The van der Waals surface area contributed by atoms with Crippen LogP contribution in [-0.2, 0) is 11.4 Å². The number of thioether (sulfide) groups is 1. The molecule has 2 aliphatic rings. The number of halogens is 2. The van der Waals surface area contributed by atoms with Gasteiger partial charge in [0, 0.05) is 12.1 Å². The quantitative estimate of drug-likeness (QED) is 0.439. The Bertz CT molecular complexity index is 1120. The SMILES string of the molecule is O=C(NC1CC1)C(Sc1nnc(COc2ccccc2Cl)n1C1CC1)c1ccc(F)cc1. The Morgan fingerprint density at radius 3 is 2.59 bits per heavy atom. The molecule has 1 unspecified atom stereocenters. The number of carbonyl (C=O) groups excluding carboxylic acids is 1. The zero-order chi connectivity index (χ0) is 22.1. The van der Waals surface area contributed by atoms with Crippen molar-refractivity contribution in [2.24, 2.45) is 0 Å². The molecule has 0 radical (unpaired) electrons. The van der Waals surface area contributed by atoms with Crippen LogP contribution >= 0.6 is 23.4 Å². The fourth-order valence-electron chi connectivity index (χ4n) is 3.41. The molecule has 166 valence electrons. The first-order valence-electron chi connectivity index (χ1n) is 10.6. The molecule has 3 aromatic rings. The van der Waals surface area contributed by atoms with Gasteiger partial charge >= 0.3 is 0 Å². The van der Waals surface area contributed by atoms with Gasteiger partial charge in [0.1, 0.15) is 23.4 Å². The van der Waals surface area contributed by atoms with Crippen LogP contribution in [0.5, 0.6) is 5.75 Å². The van der Waals surface area contributed by atoms with Gasteiger partial charge in [0.05, 0.1) is 5.02 Å². The number of nitrogens with zero attached hydrogens (tertiary/aromatic N) is 3. The number of para-hydroxylation sites is 1. The first kappa shape index (κ1) is 21.3. The summed E-state index contributed by atoms with van der Waals surface area (Å²) in [5.74, 6) is 0.848. The minimum Gasteiger partial charge on any atom is -0.484 e. The van der Waals surface area contributed by atoms with Crippen molar-refractivity contribution in [3.63, 3.8) is 0 Å². The van der Waals surface area contributed by atoms with Crippen molar-refractivity contribution in [3.8, 4) is 5.75 Å². The molecular formula is C23H22ClFN4O2S. The van der Waals surface area contributed by atoms with Crippen LogP contribution in [0.2, 0.25) is 5.02 Å². The number of rotatable bonds is 9. The molecule has 2 aromatic carbocycles. The van der Waals surface area contributed by atoms with Gasteiger partial charge in [-0.15, -0.1) is 10.2 Å². The maximum atomic E-state index is 13.5. The Kier molecular flexibility index (Phi) is 6.06. The summed E-state index contributed by atoms with van der Waals surface area (Å²) in [6, 6.07) is 13.9. The van der Waals surface area contributed by atoms with Gasteiger partial charge in [-0.05, 0) is 55.5 Å². The molecule has 0 bridgehead atoms. The molecule has 9 heteroatoms. The van der Waals surface area contributed by atoms with E-state index in [2.05, 4.69) is 20.1 Å². The van der Waals surface area contributed by atoms with E-state index in [1.54, 1.807) is 18.2 Å². The van der Waals surface area contributed by atoms with Gasteiger partial charge in [-0.25, -0.2) is 4.39 Å². The lowest BCUT2D eigenvalue weighted by Gasteiger charge is -2.17. The van der Waals surface area contributed by atoms with Crippen LogP contribution in [0.3, 0.4) is 0 Å². The van der Waals surface area contributed by atoms with Crippen molar-refractivity contribution in [2.75, 3.05) is 0 Å². The summed E-state index contributed by atoms with van der Waals surface area (Å²) in [5, 5.41) is 12.4. The van der Waals surface area contributed by atoms with E-state index in [9.17, 15) is 9.18 Å². The van der Waals surface area contributed by atoms with E-state index in [4.69, 9.17) is 16.3 Å². The lowest BCUT2D eigenvalue weighted by molar-refractivity contribution is -0.120. The van der Waals surface area contributed by atoms with E-state index < -0.39 is 5.25 Å². The van der Waals surface area contributed by atoms with E-state index in [1.807, 2.05) is 18.2 Å². The average molecular weight is 473 g/mol. The minimum absolute atomic E-state index is 0.0941. The van der Waals surface area contributed by atoms with E-state index in [-0.39, 0.29) is 30.4 Å². The molecule has 5 rings (SSSR count). The Morgan fingerprint density at radius 1 is 1.16 bits per heavy atom. The summed E-state index contributed by atoms with van der Waals surface area (Å²) < 4.78 is 21.4. The van der Waals surface area contributed by atoms with Crippen molar-refractivity contribution in [2.45, 2.75) is 54.8 Å². The number of benzene rings is 2. The molecule has 1 aromatic heterocycles. The zero-order valence-corrected chi connectivity index (χ0v) is 18.8. The summed E-state index contributed by atoms with van der Waals surface area (Å²) in [7, 11) is 0. The van der Waals surface area contributed by atoms with Crippen molar-refractivity contribution >= 4 is 29.3 Å². The van der Waals surface area contributed by atoms with Gasteiger partial charge in [-0.1, -0.05) is 47.6 Å². The second-order valence-electron chi connectivity index (χ2n) is 8.05. The first-order chi connectivity index (χ1) is 15.6. The summed E-state index contributed by atoms with van der Waals surface area (Å²) in [6.45, 7) is 0.225. The van der Waals surface area contributed by atoms with Crippen molar-refractivity contribution < 1.29 is 13.9 Å². The van der Waals surface area contributed by atoms with Crippen LogP contribution in [-0.4, -0.2) is 26.7 Å². The molecule has 2 aliphatic carbocycles. The predicted molar refractivity (Wildman–Crippen MR) is 120 cm³/mol. The minimum atomic E-state index is -0.546. The highest BCUT2D eigenvalue weighted by molar-refractivity contribution is 8.00. The second-order valence-corrected chi connectivity index (χ2v) is 9.53. The van der Waals surface area contributed by atoms with Crippen molar-refractivity contribution in [3.05, 3.63) is 70.8 Å². The van der Waals surface area contributed by atoms with Gasteiger partial charge in [-0.2, -0.15) is 0 Å². The summed E-state index contributed by atoms with van der Waals surface area (Å²) in [5.41, 5.74) is 0.730. The normalized spacial score (nSPS) is 16.6. The molecule has 0 spiro atoms. The highest BCUT2D eigenvalue weighted by Gasteiger charge is 2.34. The Balaban J connectivity index is 1.39. The Morgan fingerprint density at radius 2 is 1.91 bits per heavy atom. The van der Waals surface area contributed by atoms with Gasteiger partial charge in [0.15, 0.2) is 11.0 Å². The highest BCUT2D eigenvalue weighted by Crippen LogP contribution is 2.43. The third-order valence-electron chi connectivity index (χ3n) is 5.40. The van der Waals surface area contributed by atoms with Gasteiger partial charge in [0.25, 0.3) is 0 Å². The number of nitrogens with one attached hydrogen (secondary N) is 1. The lowest BCUT2D eigenvalue weighted by Crippen LogP contribution is -2.30. The molecule has 6 nitrogen and oxygen atoms in total. The van der Waals surface area contributed by atoms with Crippen LogP contribution < -0.4 is 10.1 Å². The second kappa shape index (κ2) is 9.11. The van der Waals surface area contributed by atoms with Crippen LogP contribution in [0.1, 0.15) is 48.4 Å². The maximum absolute atomic E-state index is 13.5. The van der Waals surface area contributed by atoms with Crippen molar-refractivity contribution in [1.29, 1.82) is 0 Å². The standard InChI is InChI=1S/C23H22ClFN4O2S/c24-18-3-1-2-4-19(18)31-13-20-27-28-23(29(20)17-11-12-17)32-21(22(30)26-16-9-10-16)14-5-7-15(25)8-6-14/h1-8,16-17,21H,9-13H2,(H,26,30). The lowest BCUT2D eigenvalue weighted by atomic mass is 10.1. The zero-order valence-electron chi connectivity index (χ0n) is 17.2. The maximum Gasteiger partial charge on any atom is 0.238 e. The number of hydrogen-bond donors (Lipinski definition) is 1. The molecule has 0 saturated heterocycles. The van der Waals surface area contributed by atoms with Crippen molar-refractivity contribution in [1.82, 2.24) is 20.1 Å². The predicted octanol–water partition coefficient (Wildman–Crippen LogP) is 5.10. The molecule has 32 heavy (non-hydrogen) atoms. The third-order valence-corrected chi connectivity index (χ3v) is 6.92. The fourth-order valence-corrected chi connectivity index (χ4v) is 4.74. The van der Waals surface area contributed by atoms with Crippen LogP contribution in [0, 0.1) is 5.82 Å². The number of amides is 1. The largest absolute Gasteiger partial charge is 0.484 e. The molecule has 1 amide bonds. The third kappa shape index (κ3) is 4.91. The number of ether oxygens (including phenoxy) is 1. The molecule has 2 fully saturated rings. The molecule has 0 aliphatic heterocycles. The van der Waals surface area contributed by atoms with Gasteiger partial charge in [0.2, 0.25) is 5.91 Å². The van der Waals surface area contributed by atoms with E-state index in [0.29, 0.717) is 21.8 Å². The number of hydrogen-bond acceptors (Lipinski definition) is 5. The summed E-state index contributed by atoms with van der Waals surface area (Å²) in [6.07, 6.45) is 4.04. The summed E-state index contributed by atoms with van der Waals surface area (Å²) in [4.78, 5) is 13.0. The highest BCUT2D eigenvalue weighted by atomic mass is 35.5. The number of aromatic nitrogens is 3. The van der Waals surface area contributed by atoms with E-state index in [1.165, 1.54) is 23.9 Å². The molecule has 1 atom stereocenters. The Hall–Kier alpha value is -2.58.